The van der Waals surface area contributed by atoms with Gasteiger partial charge >= 0.3 is 0 Å². The van der Waals surface area contributed by atoms with Crippen molar-refractivity contribution in [2.24, 2.45) is 0 Å². The molecule has 1 rings (SSSR count). The minimum Gasteiger partial charge on any atom is -0.342 e. The number of hydrogen-bond donors (Lipinski definition) is 1. The monoisotopic (exact) mass is 397 g/mol. The van der Waals surface area contributed by atoms with E-state index in [2.05, 4.69) is 4.72 Å². The molecule has 0 saturated carbocycles. The van der Waals surface area contributed by atoms with E-state index in [0.29, 0.717) is 18.7 Å². The molecule has 152 valence electrons. The molecular weight excluding hydrogens is 366 g/mol. The first-order chi connectivity index (χ1) is 12.3. The lowest BCUT2D eigenvalue weighted by atomic mass is 10.1. The van der Waals surface area contributed by atoms with E-state index in [1.807, 2.05) is 13.8 Å². The highest BCUT2D eigenvalue weighted by Crippen LogP contribution is 2.19. The molecule has 0 heterocycles. The number of sulfonamides is 1. The summed E-state index contributed by atoms with van der Waals surface area (Å²) in [6, 6.07) is 4.44. The fraction of sp³-hybridized carbons (Fsp3) is 0.579. The van der Waals surface area contributed by atoms with Crippen molar-refractivity contribution in [3.63, 3.8) is 0 Å². The van der Waals surface area contributed by atoms with E-state index in [-0.39, 0.29) is 28.8 Å². The average Bonchev–Trinajstić information content (AvgIpc) is 2.53. The number of rotatable bonds is 7. The summed E-state index contributed by atoms with van der Waals surface area (Å²) in [6.45, 7) is 11.8. The van der Waals surface area contributed by atoms with Crippen LogP contribution in [0.1, 0.15) is 50.5 Å². The topological polar surface area (TPSA) is 86.8 Å². The van der Waals surface area contributed by atoms with Crippen molar-refractivity contribution in [1.29, 1.82) is 0 Å². The average molecular weight is 398 g/mol. The maximum atomic E-state index is 12.8. The molecule has 0 saturated heterocycles. The van der Waals surface area contributed by atoms with E-state index in [1.165, 1.54) is 24.1 Å². The molecule has 0 unspecified atom stereocenters. The maximum Gasteiger partial charge on any atom is 0.254 e. The second-order valence-electron chi connectivity index (χ2n) is 7.56. The molecule has 7 nitrogen and oxygen atoms in total. The summed E-state index contributed by atoms with van der Waals surface area (Å²) in [6.07, 6.45) is 0. The first-order valence-corrected chi connectivity index (χ1v) is 10.5. The number of likely N-dealkylation sites (N-methyl/N-ethyl adjacent to an activating group) is 2. The maximum absolute atomic E-state index is 12.8. The number of amides is 2. The van der Waals surface area contributed by atoms with Crippen molar-refractivity contribution in [3.05, 3.63) is 29.3 Å². The van der Waals surface area contributed by atoms with Crippen molar-refractivity contribution in [3.8, 4) is 0 Å². The number of benzene rings is 1. The van der Waals surface area contributed by atoms with Crippen LogP contribution in [0.5, 0.6) is 0 Å². The number of carbonyl (C=O) groups excluding carboxylic acids is 2. The predicted octanol–water partition coefficient (Wildman–Crippen LogP) is 2.01. The fourth-order valence-electron chi connectivity index (χ4n) is 2.62. The van der Waals surface area contributed by atoms with E-state index < -0.39 is 15.6 Å². The predicted molar refractivity (Wildman–Crippen MR) is 106 cm³/mol. The molecule has 0 aliphatic rings. The second-order valence-corrected chi connectivity index (χ2v) is 9.24. The Morgan fingerprint density at radius 2 is 1.67 bits per heavy atom. The standard InChI is InChI=1S/C19H31N3O4S/c1-8-22(9-2)17(23)13-21(7)18(24)16-12-15(11-10-14(16)3)27(25,26)20-19(4,5)6/h10-12,20H,8-9,13H2,1-7H3. The SMILES string of the molecule is CCN(CC)C(=O)CN(C)C(=O)c1cc(S(=O)(=O)NC(C)(C)C)ccc1C. The van der Waals surface area contributed by atoms with Gasteiger partial charge in [0.15, 0.2) is 0 Å². The van der Waals surface area contributed by atoms with E-state index in [9.17, 15) is 18.0 Å². The summed E-state index contributed by atoms with van der Waals surface area (Å²) in [7, 11) is -2.22. The summed E-state index contributed by atoms with van der Waals surface area (Å²) in [5.41, 5.74) is 0.277. The van der Waals surface area contributed by atoms with Gasteiger partial charge < -0.3 is 9.80 Å². The zero-order chi connectivity index (χ0) is 21.0. The van der Waals surface area contributed by atoms with Gasteiger partial charge in [0.25, 0.3) is 5.91 Å². The minimum absolute atomic E-state index is 0.0230. The van der Waals surface area contributed by atoms with Crippen molar-refractivity contribution in [2.45, 2.75) is 52.0 Å². The van der Waals surface area contributed by atoms with Gasteiger partial charge in [0.05, 0.1) is 11.4 Å². The smallest absolute Gasteiger partial charge is 0.254 e. The van der Waals surface area contributed by atoms with Crippen LogP contribution in [0.3, 0.4) is 0 Å². The van der Waals surface area contributed by atoms with Crippen LogP contribution >= 0.6 is 0 Å². The van der Waals surface area contributed by atoms with Gasteiger partial charge in [-0.05, 0) is 59.2 Å². The Hall–Kier alpha value is -1.93. The molecule has 0 aliphatic carbocycles. The number of nitrogens with one attached hydrogen (secondary N) is 1. The van der Waals surface area contributed by atoms with Crippen LogP contribution in [-0.4, -0.2) is 62.3 Å². The zero-order valence-electron chi connectivity index (χ0n) is 17.3. The Morgan fingerprint density at radius 1 is 1.11 bits per heavy atom. The first kappa shape index (κ1) is 23.1. The van der Waals surface area contributed by atoms with Crippen LogP contribution in [0.2, 0.25) is 0 Å². The Morgan fingerprint density at radius 3 is 2.15 bits per heavy atom. The van der Waals surface area contributed by atoms with Crippen LogP contribution in [-0.2, 0) is 14.8 Å². The normalized spacial score (nSPS) is 12.0. The van der Waals surface area contributed by atoms with E-state index in [1.54, 1.807) is 38.7 Å². The minimum atomic E-state index is -3.76. The summed E-state index contributed by atoms with van der Waals surface area (Å²) >= 11 is 0. The van der Waals surface area contributed by atoms with Crippen LogP contribution in [0.25, 0.3) is 0 Å². The highest BCUT2D eigenvalue weighted by molar-refractivity contribution is 7.89. The number of aryl methyl sites for hydroxylation is 1. The molecule has 0 aliphatic heterocycles. The van der Waals surface area contributed by atoms with Crippen molar-refractivity contribution in [2.75, 3.05) is 26.7 Å². The molecule has 0 bridgehead atoms. The fourth-order valence-corrected chi connectivity index (χ4v) is 4.06. The third-order valence-corrected chi connectivity index (χ3v) is 5.78. The van der Waals surface area contributed by atoms with Crippen molar-refractivity contribution < 1.29 is 18.0 Å². The Balaban J connectivity index is 3.12. The number of carbonyl (C=O) groups is 2. The molecule has 0 spiro atoms. The lowest BCUT2D eigenvalue weighted by Crippen LogP contribution is -2.41. The highest BCUT2D eigenvalue weighted by atomic mass is 32.2. The molecule has 1 N–H and O–H groups in total. The van der Waals surface area contributed by atoms with E-state index in [4.69, 9.17) is 0 Å². The summed E-state index contributed by atoms with van der Waals surface area (Å²) < 4.78 is 27.7. The van der Waals surface area contributed by atoms with Crippen molar-refractivity contribution >= 4 is 21.8 Å². The van der Waals surface area contributed by atoms with Gasteiger partial charge in [-0.25, -0.2) is 13.1 Å². The summed E-state index contributed by atoms with van der Waals surface area (Å²) in [5, 5.41) is 0. The first-order valence-electron chi connectivity index (χ1n) is 9.00. The second kappa shape index (κ2) is 8.84. The number of hydrogen-bond acceptors (Lipinski definition) is 4. The zero-order valence-corrected chi connectivity index (χ0v) is 18.1. The van der Waals surface area contributed by atoms with Gasteiger partial charge in [-0.15, -0.1) is 0 Å². The summed E-state index contributed by atoms with van der Waals surface area (Å²) in [5.74, 6) is -0.535. The Labute approximate surface area is 162 Å². The molecule has 0 atom stereocenters. The molecule has 2 amide bonds. The van der Waals surface area contributed by atoms with Gasteiger partial charge in [-0.3, -0.25) is 9.59 Å². The van der Waals surface area contributed by atoms with Gasteiger partial charge in [0.1, 0.15) is 0 Å². The lowest BCUT2D eigenvalue weighted by Gasteiger charge is -2.24. The largest absolute Gasteiger partial charge is 0.342 e. The van der Waals surface area contributed by atoms with Crippen LogP contribution in [0.15, 0.2) is 23.1 Å². The quantitative estimate of drug-likeness (QED) is 0.762. The molecule has 1 aromatic carbocycles. The van der Waals surface area contributed by atoms with Crippen LogP contribution < -0.4 is 4.72 Å². The Bertz CT molecular complexity index is 794. The van der Waals surface area contributed by atoms with Gasteiger partial charge in [-0.2, -0.15) is 0 Å². The molecular formula is C19H31N3O4S. The molecule has 27 heavy (non-hydrogen) atoms. The Kier molecular flexibility index (Phi) is 7.57. The van der Waals surface area contributed by atoms with Crippen molar-refractivity contribution in [1.82, 2.24) is 14.5 Å². The van der Waals surface area contributed by atoms with E-state index in [0.717, 1.165) is 0 Å². The molecule has 0 fully saturated rings. The molecule has 8 heteroatoms. The third-order valence-electron chi connectivity index (χ3n) is 4.03. The third kappa shape index (κ3) is 6.32. The lowest BCUT2D eigenvalue weighted by molar-refractivity contribution is -0.131. The molecule has 0 radical (unpaired) electrons. The van der Waals surface area contributed by atoms with Gasteiger partial charge in [0, 0.05) is 31.2 Å². The number of nitrogens with zero attached hydrogens (tertiary/aromatic N) is 2. The van der Waals surface area contributed by atoms with E-state index >= 15 is 0 Å². The van der Waals surface area contributed by atoms with Crippen LogP contribution in [0, 0.1) is 6.92 Å². The van der Waals surface area contributed by atoms with Crippen LogP contribution in [0.4, 0.5) is 0 Å². The highest BCUT2D eigenvalue weighted by Gasteiger charge is 2.25. The van der Waals surface area contributed by atoms with Gasteiger partial charge in [0.2, 0.25) is 15.9 Å². The summed E-state index contributed by atoms with van der Waals surface area (Å²) in [4.78, 5) is 28.0. The van der Waals surface area contributed by atoms with Gasteiger partial charge in [-0.1, -0.05) is 6.07 Å². The molecule has 0 aromatic heterocycles. The molecule has 1 aromatic rings.